The van der Waals surface area contributed by atoms with Gasteiger partial charge < -0.3 is 18.9 Å². The maximum absolute atomic E-state index is 14.5. The van der Waals surface area contributed by atoms with Gasteiger partial charge in [0.05, 0.1) is 37.3 Å². The van der Waals surface area contributed by atoms with E-state index in [1.165, 1.54) is 0 Å². The van der Waals surface area contributed by atoms with Crippen molar-refractivity contribution in [2.75, 3.05) is 40.4 Å². The van der Waals surface area contributed by atoms with E-state index in [-0.39, 0.29) is 12.1 Å². The lowest BCUT2D eigenvalue weighted by molar-refractivity contribution is -0.0939. The summed E-state index contributed by atoms with van der Waals surface area (Å²) in [4.78, 5) is 28.7. The Morgan fingerprint density at radius 2 is 1.20 bits per heavy atom. The van der Waals surface area contributed by atoms with Gasteiger partial charge in [0.15, 0.2) is 0 Å². The fourth-order valence-corrected chi connectivity index (χ4v) is 9.36. The molecule has 6 unspecified atom stereocenters. The van der Waals surface area contributed by atoms with Gasteiger partial charge in [-0.15, -0.1) is 13.2 Å². The second kappa shape index (κ2) is 13.7. The van der Waals surface area contributed by atoms with E-state index in [0.717, 1.165) is 96.3 Å². The summed E-state index contributed by atoms with van der Waals surface area (Å²) >= 11 is 0. The lowest BCUT2D eigenvalue weighted by Gasteiger charge is -2.51. The third kappa shape index (κ3) is 5.90. The second-order valence-electron chi connectivity index (χ2n) is 14.4. The molecule has 4 aromatic rings. The Morgan fingerprint density at radius 1 is 0.740 bits per heavy atom. The first-order chi connectivity index (χ1) is 24.5. The van der Waals surface area contributed by atoms with Crippen LogP contribution in [0.5, 0.6) is 11.5 Å². The largest absolute Gasteiger partial charge is 0.509 e. The number of methoxy groups -OCH3 is 2. The van der Waals surface area contributed by atoms with Gasteiger partial charge >= 0.3 is 6.16 Å². The van der Waals surface area contributed by atoms with Gasteiger partial charge in [-0.1, -0.05) is 12.2 Å². The van der Waals surface area contributed by atoms with Crippen LogP contribution < -0.4 is 9.47 Å². The molecule has 8 heterocycles. The molecule has 50 heavy (non-hydrogen) atoms. The average molecular weight is 675 g/mol. The smallest absolute Gasteiger partial charge is 0.497 e. The number of fused-ring (bicyclic) bond motifs is 8. The summed E-state index contributed by atoms with van der Waals surface area (Å²) in [5.41, 5.74) is 3.46. The highest BCUT2D eigenvalue weighted by Crippen LogP contribution is 2.46. The van der Waals surface area contributed by atoms with Crippen LogP contribution in [0, 0.1) is 23.7 Å². The number of hydrogen-bond donors (Lipinski definition) is 0. The molecule has 0 amide bonds. The molecule has 6 saturated heterocycles. The number of hydrogen-bond acceptors (Lipinski definition) is 9. The Hall–Kier alpha value is -4.47. The number of pyridine rings is 2. The van der Waals surface area contributed by atoms with Crippen LogP contribution in [-0.2, 0) is 9.47 Å². The van der Waals surface area contributed by atoms with Gasteiger partial charge in [0, 0.05) is 47.4 Å². The molecule has 10 rings (SSSR count). The first kappa shape index (κ1) is 32.7. The molecule has 6 fully saturated rings. The number of carbonyl (C=O) groups is 1. The van der Waals surface area contributed by atoms with Crippen molar-refractivity contribution in [1.29, 1.82) is 0 Å². The van der Waals surface area contributed by atoms with E-state index in [0.29, 0.717) is 23.7 Å². The maximum Gasteiger partial charge on any atom is 0.509 e. The Kier molecular flexibility index (Phi) is 8.95. The van der Waals surface area contributed by atoms with E-state index in [1.54, 1.807) is 26.6 Å². The van der Waals surface area contributed by atoms with Crippen LogP contribution in [0.2, 0.25) is 0 Å². The van der Waals surface area contributed by atoms with Crippen LogP contribution >= 0.6 is 0 Å². The number of nitrogens with zero attached hydrogens (tertiary/aromatic N) is 4. The van der Waals surface area contributed by atoms with E-state index in [1.807, 2.05) is 48.5 Å². The Balaban J connectivity index is 1.18. The topological polar surface area (TPSA) is 86.2 Å². The van der Waals surface area contributed by atoms with E-state index >= 15 is 0 Å². The molecule has 2 aromatic heterocycles. The zero-order chi connectivity index (χ0) is 34.4. The van der Waals surface area contributed by atoms with Crippen molar-refractivity contribution < 1.29 is 23.7 Å². The summed E-state index contributed by atoms with van der Waals surface area (Å²) in [7, 11) is 3.32. The standard InChI is InChI=1S/C41H46N4O5/c1-5-25-23-44-17-13-27(25)19-37(44)39(31-11-15-42-35-9-7-29(47-3)21-33(31)35)49-41(46)50-40(38-20-28-14-18-45(38)24-26(28)6-2)32-12-16-43-36-10-8-30(48-4)22-34(32)36/h5-12,15-16,21-22,25-28,37-40H,1-2,13-14,17-20,23-24H2,3-4H3/t25-,26-,27?,28?,37?,38?,39+,40+/m1/s1. The number of carbonyl (C=O) groups excluding carboxylic acids is 1. The third-order valence-corrected chi connectivity index (χ3v) is 12.0. The molecule has 10 atom stereocenters. The molecule has 0 radical (unpaired) electrons. The summed E-state index contributed by atoms with van der Waals surface area (Å²) in [5.74, 6) is 3.29. The fraction of sp³-hybridized carbons (Fsp3) is 0.439. The van der Waals surface area contributed by atoms with Crippen molar-refractivity contribution in [3.63, 3.8) is 0 Å². The minimum absolute atomic E-state index is 0.0124. The van der Waals surface area contributed by atoms with E-state index in [2.05, 4.69) is 45.1 Å². The van der Waals surface area contributed by atoms with Gasteiger partial charge in [-0.2, -0.15) is 0 Å². The van der Waals surface area contributed by atoms with Gasteiger partial charge in [0.2, 0.25) is 0 Å². The van der Waals surface area contributed by atoms with Crippen molar-refractivity contribution in [3.8, 4) is 11.5 Å². The van der Waals surface area contributed by atoms with Crippen molar-refractivity contribution >= 4 is 28.0 Å². The molecule has 0 spiro atoms. The van der Waals surface area contributed by atoms with Crippen LogP contribution in [0.15, 0.2) is 86.2 Å². The molecule has 4 bridgehead atoms. The number of benzene rings is 2. The fourth-order valence-electron chi connectivity index (χ4n) is 9.36. The van der Waals surface area contributed by atoms with Crippen LogP contribution in [0.4, 0.5) is 4.79 Å². The molecule has 260 valence electrons. The molecule has 0 N–H and O–H groups in total. The quantitative estimate of drug-likeness (QED) is 0.125. The molecule has 0 aliphatic carbocycles. The lowest BCUT2D eigenvalue weighted by Crippen LogP contribution is -2.56. The Morgan fingerprint density at radius 3 is 1.58 bits per heavy atom. The number of aromatic nitrogens is 2. The van der Waals surface area contributed by atoms with Crippen molar-refractivity contribution in [3.05, 3.63) is 97.4 Å². The minimum atomic E-state index is -0.674. The lowest BCUT2D eigenvalue weighted by atomic mass is 9.73. The van der Waals surface area contributed by atoms with Crippen LogP contribution in [0.3, 0.4) is 0 Å². The van der Waals surface area contributed by atoms with Crippen LogP contribution in [0.25, 0.3) is 21.8 Å². The van der Waals surface area contributed by atoms with E-state index in [9.17, 15) is 4.79 Å². The highest BCUT2D eigenvalue weighted by molar-refractivity contribution is 5.85. The number of rotatable bonds is 10. The summed E-state index contributed by atoms with van der Waals surface area (Å²) in [6.07, 6.45) is 10.00. The first-order valence-corrected chi connectivity index (χ1v) is 17.9. The Labute approximate surface area is 293 Å². The van der Waals surface area contributed by atoms with Gasteiger partial charge in [0.1, 0.15) is 23.7 Å². The molecular formula is C41H46N4O5. The van der Waals surface area contributed by atoms with Crippen LogP contribution in [-0.4, -0.2) is 78.4 Å². The highest BCUT2D eigenvalue weighted by atomic mass is 16.7. The number of piperidine rings is 6. The summed E-state index contributed by atoms with van der Waals surface area (Å²) in [6, 6.07) is 15.6. The predicted molar refractivity (Wildman–Crippen MR) is 193 cm³/mol. The maximum atomic E-state index is 14.5. The first-order valence-electron chi connectivity index (χ1n) is 17.9. The molecule has 6 aliphatic rings. The van der Waals surface area contributed by atoms with E-state index < -0.39 is 18.4 Å². The van der Waals surface area contributed by atoms with Crippen molar-refractivity contribution in [2.45, 2.75) is 50.0 Å². The minimum Gasteiger partial charge on any atom is -0.497 e. The second-order valence-corrected chi connectivity index (χ2v) is 14.4. The number of ether oxygens (including phenoxy) is 4. The SMILES string of the molecule is C=C[C@@H]1CN2CCC1CC2[C@@H](OC(=O)O[C@@H](c1ccnc2ccc(OC)cc12)C1CC2CCN1C[C@H]2C=C)c1ccnc2ccc(OC)cc12. The zero-order valence-corrected chi connectivity index (χ0v) is 28.9. The molecule has 9 nitrogen and oxygen atoms in total. The van der Waals surface area contributed by atoms with Crippen LogP contribution in [0.1, 0.15) is 49.0 Å². The average Bonchev–Trinajstić information content (AvgIpc) is 3.18. The summed E-state index contributed by atoms with van der Waals surface area (Å²) < 4.78 is 24.5. The normalized spacial score (nSPS) is 29.6. The molecule has 0 saturated carbocycles. The zero-order valence-electron chi connectivity index (χ0n) is 28.9. The molecular weight excluding hydrogens is 628 g/mol. The van der Waals surface area contributed by atoms with Gasteiger partial charge in [0.25, 0.3) is 0 Å². The van der Waals surface area contributed by atoms with Gasteiger partial charge in [-0.05, 0) is 111 Å². The predicted octanol–water partition coefficient (Wildman–Crippen LogP) is 7.53. The summed E-state index contributed by atoms with van der Waals surface area (Å²) in [5, 5.41) is 1.81. The third-order valence-electron chi connectivity index (χ3n) is 12.0. The van der Waals surface area contributed by atoms with Gasteiger partial charge in [-0.3, -0.25) is 19.8 Å². The molecule has 2 aromatic carbocycles. The Bertz CT molecular complexity index is 1780. The van der Waals surface area contributed by atoms with Crippen molar-refractivity contribution in [1.82, 2.24) is 19.8 Å². The van der Waals surface area contributed by atoms with Crippen molar-refractivity contribution in [2.24, 2.45) is 23.7 Å². The van der Waals surface area contributed by atoms with E-state index in [4.69, 9.17) is 18.9 Å². The van der Waals surface area contributed by atoms with Gasteiger partial charge in [-0.25, -0.2) is 4.79 Å². The molecule has 6 aliphatic heterocycles. The highest BCUT2D eigenvalue weighted by Gasteiger charge is 2.47. The summed E-state index contributed by atoms with van der Waals surface area (Å²) in [6.45, 7) is 12.0. The monoisotopic (exact) mass is 674 g/mol. The molecule has 9 heteroatoms.